The molecular formula is C27H29N5O2S. The molecular weight excluding hydrogens is 458 g/mol. The predicted molar refractivity (Wildman–Crippen MR) is 138 cm³/mol. The summed E-state index contributed by atoms with van der Waals surface area (Å²) in [5.41, 5.74) is 3.41. The van der Waals surface area contributed by atoms with Gasteiger partial charge in [-0.15, -0.1) is 10.2 Å². The van der Waals surface area contributed by atoms with Crippen LogP contribution in [0, 0.1) is 0 Å². The minimum Gasteiger partial charge on any atom is -0.467 e. The van der Waals surface area contributed by atoms with Crippen LogP contribution in [-0.2, 0) is 11.3 Å². The summed E-state index contributed by atoms with van der Waals surface area (Å²) in [7, 11) is 0. The minimum absolute atomic E-state index is 0.0371. The Balaban J connectivity index is 1.21. The molecule has 0 aliphatic carbocycles. The number of carbonyl (C=O) groups excluding carboxylic acids is 1. The molecule has 1 fully saturated rings. The highest BCUT2D eigenvalue weighted by molar-refractivity contribution is 7.99. The number of thioether (sulfide) groups is 1. The monoisotopic (exact) mass is 487 g/mol. The van der Waals surface area contributed by atoms with Crippen molar-refractivity contribution in [2.45, 2.75) is 37.5 Å². The minimum atomic E-state index is -0.0888. The zero-order valence-corrected chi connectivity index (χ0v) is 20.6. The summed E-state index contributed by atoms with van der Waals surface area (Å²) in [6, 6.07) is 22.3. The van der Waals surface area contributed by atoms with Crippen molar-refractivity contribution in [3.8, 4) is 11.1 Å². The molecule has 0 bridgehead atoms. The van der Waals surface area contributed by atoms with Gasteiger partial charge in [-0.2, -0.15) is 0 Å². The van der Waals surface area contributed by atoms with E-state index in [9.17, 15) is 4.79 Å². The fraction of sp³-hybridized carbons (Fsp3) is 0.296. The number of amides is 1. The van der Waals surface area contributed by atoms with Crippen LogP contribution in [0.3, 0.4) is 0 Å². The Hall–Kier alpha value is -3.52. The number of hydrogen-bond donors (Lipinski definition) is 1. The molecule has 35 heavy (non-hydrogen) atoms. The normalized spacial score (nSPS) is 14.3. The van der Waals surface area contributed by atoms with E-state index >= 15 is 0 Å². The van der Waals surface area contributed by atoms with Crippen LogP contribution in [0.2, 0.25) is 0 Å². The molecule has 1 aliphatic heterocycles. The highest BCUT2D eigenvalue weighted by Crippen LogP contribution is 2.26. The third-order valence-corrected chi connectivity index (χ3v) is 7.17. The molecule has 1 N–H and O–H groups in total. The molecule has 0 radical (unpaired) electrons. The van der Waals surface area contributed by atoms with Gasteiger partial charge in [0, 0.05) is 13.1 Å². The van der Waals surface area contributed by atoms with E-state index in [0.717, 1.165) is 53.9 Å². The van der Waals surface area contributed by atoms with E-state index in [1.807, 2.05) is 41.8 Å². The van der Waals surface area contributed by atoms with Gasteiger partial charge >= 0.3 is 0 Å². The van der Waals surface area contributed by atoms with E-state index < -0.39 is 0 Å². The number of furan rings is 1. The first-order chi connectivity index (χ1) is 17.2. The number of nitrogens with one attached hydrogen (secondary N) is 1. The van der Waals surface area contributed by atoms with Crippen LogP contribution in [0.5, 0.6) is 0 Å². The summed E-state index contributed by atoms with van der Waals surface area (Å²) in [6.07, 6.45) is 3.98. The molecule has 180 valence electrons. The van der Waals surface area contributed by atoms with Crippen LogP contribution >= 0.6 is 11.8 Å². The number of benzene rings is 2. The van der Waals surface area contributed by atoms with Gasteiger partial charge in [0.25, 0.3) is 0 Å². The van der Waals surface area contributed by atoms with Gasteiger partial charge in [0.1, 0.15) is 5.76 Å². The number of aromatic nitrogens is 3. The third-order valence-electron chi connectivity index (χ3n) is 6.21. The molecule has 5 rings (SSSR count). The zero-order chi connectivity index (χ0) is 24.0. The maximum Gasteiger partial charge on any atom is 0.230 e. The highest BCUT2D eigenvalue weighted by atomic mass is 32.2. The SMILES string of the molecule is CC(NC(=O)CSc1nnc(N2CCCC2)n1Cc1ccco1)c1ccc(-c2ccccc2)cc1. The summed E-state index contributed by atoms with van der Waals surface area (Å²) < 4.78 is 7.61. The van der Waals surface area contributed by atoms with Gasteiger partial charge in [-0.25, -0.2) is 0 Å². The van der Waals surface area contributed by atoms with Gasteiger partial charge in [0.15, 0.2) is 5.16 Å². The molecule has 8 heteroatoms. The Morgan fingerprint density at radius 1 is 1.00 bits per heavy atom. The van der Waals surface area contributed by atoms with Crippen molar-refractivity contribution in [2.75, 3.05) is 23.7 Å². The fourth-order valence-electron chi connectivity index (χ4n) is 4.33. The van der Waals surface area contributed by atoms with Crippen molar-refractivity contribution in [2.24, 2.45) is 0 Å². The quantitative estimate of drug-likeness (QED) is 0.329. The highest BCUT2D eigenvalue weighted by Gasteiger charge is 2.22. The maximum absolute atomic E-state index is 12.8. The Morgan fingerprint density at radius 3 is 2.46 bits per heavy atom. The number of anilines is 1. The number of nitrogens with zero attached hydrogens (tertiary/aromatic N) is 4. The van der Waals surface area contributed by atoms with Crippen molar-refractivity contribution in [3.05, 3.63) is 84.3 Å². The summed E-state index contributed by atoms with van der Waals surface area (Å²) in [4.78, 5) is 15.0. The third kappa shape index (κ3) is 5.59. The van der Waals surface area contributed by atoms with Crippen LogP contribution < -0.4 is 10.2 Å². The standard InChI is InChI=1S/C27H29N5O2S/c1-20(21-11-13-23(14-12-21)22-8-3-2-4-9-22)28-25(33)19-35-27-30-29-26(31-15-5-6-16-31)32(27)18-24-10-7-17-34-24/h2-4,7-14,17,20H,5-6,15-16,18-19H2,1H3,(H,28,33). The molecule has 1 amide bonds. The molecule has 2 aromatic heterocycles. The summed E-state index contributed by atoms with van der Waals surface area (Å²) in [5, 5.41) is 12.7. The van der Waals surface area contributed by atoms with Gasteiger partial charge in [-0.1, -0.05) is 66.4 Å². The van der Waals surface area contributed by atoms with E-state index in [2.05, 4.69) is 56.8 Å². The first kappa shape index (κ1) is 23.2. The molecule has 1 saturated heterocycles. The van der Waals surface area contributed by atoms with Crippen molar-refractivity contribution >= 4 is 23.6 Å². The average molecular weight is 488 g/mol. The summed E-state index contributed by atoms with van der Waals surface area (Å²) in [6.45, 7) is 4.50. The summed E-state index contributed by atoms with van der Waals surface area (Å²) in [5.74, 6) is 1.91. The van der Waals surface area contributed by atoms with Crippen molar-refractivity contribution in [3.63, 3.8) is 0 Å². The lowest BCUT2D eigenvalue weighted by atomic mass is 10.0. The average Bonchev–Trinajstić information content (AvgIpc) is 3.67. The molecule has 0 spiro atoms. The second kappa shape index (κ2) is 10.8. The van der Waals surface area contributed by atoms with Gasteiger partial charge in [-0.3, -0.25) is 9.36 Å². The van der Waals surface area contributed by atoms with Crippen LogP contribution in [0.15, 0.2) is 82.6 Å². The van der Waals surface area contributed by atoms with Crippen molar-refractivity contribution in [1.82, 2.24) is 20.1 Å². The molecule has 4 aromatic rings. The van der Waals surface area contributed by atoms with Crippen LogP contribution in [0.4, 0.5) is 5.95 Å². The second-order valence-electron chi connectivity index (χ2n) is 8.71. The first-order valence-corrected chi connectivity index (χ1v) is 12.9. The molecule has 0 saturated carbocycles. The van der Waals surface area contributed by atoms with Gasteiger partial charge in [0.2, 0.25) is 11.9 Å². The van der Waals surface area contributed by atoms with Gasteiger partial charge in [-0.05, 0) is 48.6 Å². The predicted octanol–water partition coefficient (Wildman–Crippen LogP) is 5.16. The second-order valence-corrected chi connectivity index (χ2v) is 9.65. The Bertz CT molecular complexity index is 1230. The maximum atomic E-state index is 12.8. The number of hydrogen-bond acceptors (Lipinski definition) is 6. The van der Waals surface area contributed by atoms with E-state index in [1.54, 1.807) is 6.26 Å². The lowest BCUT2D eigenvalue weighted by molar-refractivity contribution is -0.119. The smallest absolute Gasteiger partial charge is 0.230 e. The van der Waals surface area contributed by atoms with Crippen LogP contribution in [-0.4, -0.2) is 39.5 Å². The molecule has 3 heterocycles. The molecule has 1 unspecified atom stereocenters. The van der Waals surface area contributed by atoms with Crippen LogP contribution in [0.1, 0.15) is 37.1 Å². The Morgan fingerprint density at radius 2 is 1.74 bits per heavy atom. The number of rotatable bonds is 9. The van der Waals surface area contributed by atoms with E-state index in [0.29, 0.717) is 6.54 Å². The van der Waals surface area contributed by atoms with E-state index in [1.165, 1.54) is 17.3 Å². The van der Waals surface area contributed by atoms with E-state index in [-0.39, 0.29) is 17.7 Å². The fourth-order valence-corrected chi connectivity index (χ4v) is 5.07. The van der Waals surface area contributed by atoms with E-state index in [4.69, 9.17) is 4.42 Å². The topological polar surface area (TPSA) is 76.2 Å². The first-order valence-electron chi connectivity index (χ1n) is 12.0. The molecule has 1 aliphatic rings. The molecule has 1 atom stereocenters. The lowest BCUT2D eigenvalue weighted by Crippen LogP contribution is -2.28. The largest absolute Gasteiger partial charge is 0.467 e. The summed E-state index contributed by atoms with van der Waals surface area (Å²) >= 11 is 1.40. The van der Waals surface area contributed by atoms with Crippen molar-refractivity contribution in [1.29, 1.82) is 0 Å². The number of carbonyl (C=O) groups is 1. The Kier molecular flexibility index (Phi) is 7.18. The van der Waals surface area contributed by atoms with Crippen LogP contribution in [0.25, 0.3) is 11.1 Å². The zero-order valence-electron chi connectivity index (χ0n) is 19.8. The van der Waals surface area contributed by atoms with Gasteiger partial charge in [0.05, 0.1) is 24.6 Å². The Labute approximate surface area is 209 Å². The van der Waals surface area contributed by atoms with Gasteiger partial charge < -0.3 is 14.6 Å². The molecule has 2 aromatic carbocycles. The lowest BCUT2D eigenvalue weighted by Gasteiger charge is -2.18. The molecule has 7 nitrogen and oxygen atoms in total. The van der Waals surface area contributed by atoms with Crippen molar-refractivity contribution < 1.29 is 9.21 Å².